The van der Waals surface area contributed by atoms with Crippen molar-refractivity contribution in [3.8, 4) is 0 Å². The van der Waals surface area contributed by atoms with Gasteiger partial charge in [-0.25, -0.2) is 0 Å². The zero-order valence-electron chi connectivity index (χ0n) is 7.27. The van der Waals surface area contributed by atoms with Crippen LogP contribution in [0, 0.1) is 0 Å². The second-order valence-electron chi connectivity index (χ2n) is 2.88. The molecule has 0 fully saturated rings. The van der Waals surface area contributed by atoms with Crippen molar-refractivity contribution >= 4 is 10.9 Å². The second-order valence-corrected chi connectivity index (χ2v) is 2.88. The molecule has 0 saturated carbocycles. The molecule has 0 aliphatic heterocycles. The minimum absolute atomic E-state index is 0.843. The largest absolute Gasteiger partial charge is 0.158 e. The summed E-state index contributed by atoms with van der Waals surface area (Å²) in [4.78, 5) is 0. The van der Waals surface area contributed by atoms with Gasteiger partial charge in [0.25, 0.3) is 0 Å². The van der Waals surface area contributed by atoms with Gasteiger partial charge in [-0.15, -0.1) is 6.58 Å². The van der Waals surface area contributed by atoms with E-state index in [2.05, 4.69) is 22.8 Å². The van der Waals surface area contributed by atoms with Crippen LogP contribution in [-0.2, 0) is 6.42 Å². The molecular weight excluding hydrogens is 160 g/mol. The molecule has 0 saturated heterocycles. The van der Waals surface area contributed by atoms with Crippen molar-refractivity contribution in [3.05, 3.63) is 48.7 Å². The maximum absolute atomic E-state index is 4.04. The molecule has 0 spiro atoms. The van der Waals surface area contributed by atoms with Gasteiger partial charge in [0.15, 0.2) is 0 Å². The number of rotatable bonds is 2. The summed E-state index contributed by atoms with van der Waals surface area (Å²) in [7, 11) is 0. The van der Waals surface area contributed by atoms with Crippen molar-refractivity contribution in [3.63, 3.8) is 0 Å². The fourth-order valence-electron chi connectivity index (χ4n) is 1.38. The molecule has 1 aromatic carbocycles. The Hall–Kier alpha value is -1.70. The molecule has 2 nitrogen and oxygen atoms in total. The maximum atomic E-state index is 4.04. The zero-order valence-corrected chi connectivity index (χ0v) is 7.27. The topological polar surface area (TPSA) is 25.8 Å². The summed E-state index contributed by atoms with van der Waals surface area (Å²) >= 11 is 0. The van der Waals surface area contributed by atoms with Crippen molar-refractivity contribution < 1.29 is 0 Å². The molecule has 0 atom stereocenters. The molecule has 13 heavy (non-hydrogen) atoms. The molecule has 0 unspecified atom stereocenters. The summed E-state index contributed by atoms with van der Waals surface area (Å²) < 4.78 is 0. The Kier molecular flexibility index (Phi) is 2.04. The second kappa shape index (κ2) is 3.35. The Bertz CT molecular complexity index is 430. The summed E-state index contributed by atoms with van der Waals surface area (Å²) in [5.41, 5.74) is 2.13. The quantitative estimate of drug-likeness (QED) is 0.646. The van der Waals surface area contributed by atoms with Crippen molar-refractivity contribution in [2.45, 2.75) is 6.42 Å². The molecule has 0 aliphatic rings. The van der Waals surface area contributed by atoms with Crippen LogP contribution in [0.5, 0.6) is 0 Å². The van der Waals surface area contributed by atoms with E-state index in [0.717, 1.165) is 17.3 Å². The SMILES string of the molecule is C=CCc1cnnc2ccccc12. The highest BCUT2D eigenvalue weighted by atomic mass is 15.1. The smallest absolute Gasteiger partial charge is 0.0932 e. The molecule has 0 N–H and O–H groups in total. The van der Waals surface area contributed by atoms with Gasteiger partial charge in [-0.3, -0.25) is 0 Å². The number of nitrogens with zero attached hydrogens (tertiary/aromatic N) is 2. The number of allylic oxidation sites excluding steroid dienone is 1. The van der Waals surface area contributed by atoms with Crippen molar-refractivity contribution in [2.24, 2.45) is 0 Å². The molecule has 0 aliphatic carbocycles. The summed E-state index contributed by atoms with van der Waals surface area (Å²) in [5, 5.41) is 9.14. The zero-order chi connectivity index (χ0) is 9.10. The molecule has 2 heteroatoms. The molecule has 2 rings (SSSR count). The molecular formula is C11H10N2. The van der Waals surface area contributed by atoms with Crippen LogP contribution in [0.15, 0.2) is 43.1 Å². The first-order valence-electron chi connectivity index (χ1n) is 4.22. The number of benzene rings is 1. The molecule has 0 bridgehead atoms. The number of fused-ring (bicyclic) bond motifs is 1. The van der Waals surface area contributed by atoms with Crippen LogP contribution >= 0.6 is 0 Å². The third-order valence-corrected chi connectivity index (χ3v) is 1.99. The van der Waals surface area contributed by atoms with E-state index in [9.17, 15) is 0 Å². The molecule has 1 heterocycles. The average Bonchev–Trinajstić information content (AvgIpc) is 2.19. The van der Waals surface area contributed by atoms with Gasteiger partial charge in [0, 0.05) is 5.39 Å². The van der Waals surface area contributed by atoms with Gasteiger partial charge < -0.3 is 0 Å². The highest BCUT2D eigenvalue weighted by Crippen LogP contribution is 2.15. The lowest BCUT2D eigenvalue weighted by Crippen LogP contribution is -1.89. The van der Waals surface area contributed by atoms with E-state index in [1.54, 1.807) is 6.20 Å². The van der Waals surface area contributed by atoms with Gasteiger partial charge >= 0.3 is 0 Å². The third kappa shape index (κ3) is 1.43. The molecule has 2 aromatic rings. The van der Waals surface area contributed by atoms with Crippen molar-refractivity contribution in [2.75, 3.05) is 0 Å². The standard InChI is InChI=1S/C11H10N2/c1-2-5-9-8-12-13-11-7-4-3-6-10(9)11/h2-4,6-8H,1,5H2. The van der Waals surface area contributed by atoms with Gasteiger partial charge in [0.05, 0.1) is 11.7 Å². The first-order chi connectivity index (χ1) is 6.42. The number of hydrogen-bond acceptors (Lipinski definition) is 2. The van der Waals surface area contributed by atoms with Crippen LogP contribution in [0.1, 0.15) is 5.56 Å². The Balaban J connectivity index is 2.68. The fraction of sp³-hybridized carbons (Fsp3) is 0.0909. The number of aromatic nitrogens is 2. The Morgan fingerprint density at radius 1 is 1.31 bits per heavy atom. The number of hydrogen-bond donors (Lipinski definition) is 0. The highest BCUT2D eigenvalue weighted by Gasteiger charge is 1.98. The summed E-state index contributed by atoms with van der Waals surface area (Å²) in [6, 6.07) is 8.00. The molecule has 0 radical (unpaired) electrons. The minimum atomic E-state index is 0.843. The van der Waals surface area contributed by atoms with Crippen LogP contribution in [0.3, 0.4) is 0 Å². The monoisotopic (exact) mass is 170 g/mol. The van der Waals surface area contributed by atoms with E-state index in [1.165, 1.54) is 5.56 Å². The van der Waals surface area contributed by atoms with Crippen LogP contribution < -0.4 is 0 Å². The third-order valence-electron chi connectivity index (χ3n) is 1.99. The lowest BCUT2D eigenvalue weighted by Gasteiger charge is -2.00. The van der Waals surface area contributed by atoms with Gasteiger partial charge in [-0.1, -0.05) is 24.3 Å². The predicted octanol–water partition coefficient (Wildman–Crippen LogP) is 2.36. The van der Waals surface area contributed by atoms with Crippen LogP contribution in [-0.4, -0.2) is 10.2 Å². The van der Waals surface area contributed by atoms with Gasteiger partial charge in [-0.05, 0) is 18.1 Å². The highest BCUT2D eigenvalue weighted by molar-refractivity contribution is 5.81. The Labute approximate surface area is 76.9 Å². The normalized spacial score (nSPS) is 10.2. The van der Waals surface area contributed by atoms with E-state index >= 15 is 0 Å². The minimum Gasteiger partial charge on any atom is -0.158 e. The maximum Gasteiger partial charge on any atom is 0.0932 e. The molecule has 1 aromatic heterocycles. The molecule has 64 valence electrons. The predicted molar refractivity (Wildman–Crippen MR) is 53.4 cm³/mol. The average molecular weight is 170 g/mol. The Morgan fingerprint density at radius 3 is 3.00 bits per heavy atom. The summed E-state index contributed by atoms with van der Waals surface area (Å²) in [6.07, 6.45) is 4.52. The van der Waals surface area contributed by atoms with Gasteiger partial charge in [0.2, 0.25) is 0 Å². The fourth-order valence-corrected chi connectivity index (χ4v) is 1.38. The van der Waals surface area contributed by atoms with E-state index in [0.29, 0.717) is 0 Å². The first-order valence-corrected chi connectivity index (χ1v) is 4.22. The molecule has 0 amide bonds. The van der Waals surface area contributed by atoms with E-state index in [1.807, 2.05) is 24.3 Å². The van der Waals surface area contributed by atoms with Crippen LogP contribution in [0.25, 0.3) is 10.9 Å². The lowest BCUT2D eigenvalue weighted by atomic mass is 10.1. The van der Waals surface area contributed by atoms with Gasteiger partial charge in [0.1, 0.15) is 0 Å². The van der Waals surface area contributed by atoms with Crippen LogP contribution in [0.2, 0.25) is 0 Å². The van der Waals surface area contributed by atoms with Crippen LogP contribution in [0.4, 0.5) is 0 Å². The summed E-state index contributed by atoms with van der Waals surface area (Å²) in [5.74, 6) is 0. The van der Waals surface area contributed by atoms with Crippen molar-refractivity contribution in [1.29, 1.82) is 0 Å². The van der Waals surface area contributed by atoms with Gasteiger partial charge in [-0.2, -0.15) is 10.2 Å². The van der Waals surface area contributed by atoms with E-state index in [-0.39, 0.29) is 0 Å². The lowest BCUT2D eigenvalue weighted by molar-refractivity contribution is 1.05. The van der Waals surface area contributed by atoms with E-state index < -0.39 is 0 Å². The Morgan fingerprint density at radius 2 is 2.15 bits per heavy atom. The van der Waals surface area contributed by atoms with E-state index in [4.69, 9.17) is 0 Å². The van der Waals surface area contributed by atoms with Crippen molar-refractivity contribution in [1.82, 2.24) is 10.2 Å². The first kappa shape index (κ1) is 7.92. The summed E-state index contributed by atoms with van der Waals surface area (Å²) in [6.45, 7) is 3.71.